The normalized spacial score (nSPS) is 15.4. The molecular weight excluding hydrogens is 387 g/mol. The van der Waals surface area contributed by atoms with Crippen molar-refractivity contribution in [1.82, 2.24) is 19.6 Å². The zero-order valence-electron chi connectivity index (χ0n) is 15.0. The highest BCUT2D eigenvalue weighted by Crippen LogP contribution is 2.32. The second kappa shape index (κ2) is 9.26. The van der Waals surface area contributed by atoms with Crippen molar-refractivity contribution in [2.45, 2.75) is 13.2 Å². The summed E-state index contributed by atoms with van der Waals surface area (Å²) in [4.78, 5) is 16.9. The number of aromatic nitrogens is 2. The Morgan fingerprint density at radius 1 is 1.19 bits per heavy atom. The minimum Gasteiger partial charge on any atom is -0.468 e. The third-order valence-electron chi connectivity index (χ3n) is 4.38. The summed E-state index contributed by atoms with van der Waals surface area (Å²) in [6.07, 6.45) is 4.54. The number of carbonyl (C=O) groups is 1. The van der Waals surface area contributed by atoms with Gasteiger partial charge in [-0.2, -0.15) is 5.10 Å². The zero-order chi connectivity index (χ0) is 19.2. The van der Waals surface area contributed by atoms with Crippen LogP contribution in [0, 0.1) is 0 Å². The summed E-state index contributed by atoms with van der Waals surface area (Å²) in [5, 5.41) is 5.19. The van der Waals surface area contributed by atoms with Crippen molar-refractivity contribution in [2.24, 2.45) is 0 Å². The molecule has 1 aliphatic rings. The number of hydrogen-bond donors (Lipinski definition) is 0. The molecule has 0 N–H and O–H groups in total. The molecule has 0 spiro atoms. The van der Waals surface area contributed by atoms with Crippen molar-refractivity contribution in [1.29, 1.82) is 0 Å². The van der Waals surface area contributed by atoms with Gasteiger partial charge in [0.15, 0.2) is 18.2 Å². The number of amides is 1. The van der Waals surface area contributed by atoms with E-state index in [9.17, 15) is 4.79 Å². The molecule has 1 aliphatic heterocycles. The summed E-state index contributed by atoms with van der Waals surface area (Å²) in [6.45, 7) is 7.96. The van der Waals surface area contributed by atoms with Crippen molar-refractivity contribution in [2.75, 3.05) is 32.7 Å². The quantitative estimate of drug-likeness (QED) is 0.685. The summed E-state index contributed by atoms with van der Waals surface area (Å²) in [5.74, 6) is 0.337. The molecule has 6 nitrogen and oxygen atoms in total. The molecular formula is C19H22Cl2N4O2. The first-order valence-corrected chi connectivity index (χ1v) is 9.57. The van der Waals surface area contributed by atoms with Gasteiger partial charge in [0.2, 0.25) is 0 Å². The summed E-state index contributed by atoms with van der Waals surface area (Å²) >= 11 is 12.2. The molecule has 0 aliphatic carbocycles. The van der Waals surface area contributed by atoms with E-state index in [2.05, 4.69) is 16.6 Å². The Hall–Kier alpha value is -2.02. The summed E-state index contributed by atoms with van der Waals surface area (Å²) in [6, 6.07) is 6.86. The van der Waals surface area contributed by atoms with Crippen molar-refractivity contribution >= 4 is 29.1 Å². The fraction of sp³-hybridized carbons (Fsp3) is 0.368. The number of halogens is 2. The molecule has 27 heavy (non-hydrogen) atoms. The van der Waals surface area contributed by atoms with E-state index >= 15 is 0 Å². The first kappa shape index (κ1) is 19.7. The van der Waals surface area contributed by atoms with E-state index in [0.29, 0.717) is 28.0 Å². The van der Waals surface area contributed by atoms with Crippen LogP contribution in [0.15, 0.2) is 43.1 Å². The highest BCUT2D eigenvalue weighted by Gasteiger charge is 2.21. The van der Waals surface area contributed by atoms with Crippen molar-refractivity contribution in [3.05, 3.63) is 58.9 Å². The Labute approximate surface area is 168 Å². The van der Waals surface area contributed by atoms with Gasteiger partial charge in [0.05, 0.1) is 10.0 Å². The lowest BCUT2D eigenvalue weighted by atomic mass is 10.3. The van der Waals surface area contributed by atoms with Crippen LogP contribution >= 0.6 is 23.2 Å². The number of carbonyl (C=O) groups excluding carboxylic acids is 1. The Morgan fingerprint density at radius 2 is 1.96 bits per heavy atom. The molecule has 8 heteroatoms. The summed E-state index contributed by atoms with van der Waals surface area (Å²) in [7, 11) is 0. The van der Waals surface area contributed by atoms with Crippen LogP contribution in [-0.4, -0.2) is 58.2 Å². The predicted octanol–water partition coefficient (Wildman–Crippen LogP) is 3.56. The van der Waals surface area contributed by atoms with Gasteiger partial charge < -0.3 is 9.64 Å². The summed E-state index contributed by atoms with van der Waals surface area (Å²) < 4.78 is 7.20. The average molecular weight is 409 g/mol. The lowest BCUT2D eigenvalue weighted by Crippen LogP contribution is -2.35. The molecule has 0 unspecified atom stereocenters. The molecule has 1 amide bonds. The smallest absolute Gasteiger partial charge is 0.274 e. The van der Waals surface area contributed by atoms with Gasteiger partial charge in [-0.15, -0.1) is 6.58 Å². The molecule has 3 rings (SSSR count). The zero-order valence-corrected chi connectivity index (χ0v) is 16.5. The van der Waals surface area contributed by atoms with E-state index in [4.69, 9.17) is 27.9 Å². The minimum atomic E-state index is -0.0648. The number of nitrogens with zero attached hydrogens (tertiary/aromatic N) is 4. The number of benzene rings is 1. The van der Waals surface area contributed by atoms with E-state index in [0.717, 1.165) is 32.6 Å². The molecule has 1 aromatic heterocycles. The topological polar surface area (TPSA) is 50.6 Å². The van der Waals surface area contributed by atoms with Gasteiger partial charge in [-0.1, -0.05) is 35.3 Å². The fourth-order valence-electron chi connectivity index (χ4n) is 3.00. The molecule has 0 atom stereocenters. The fourth-order valence-corrected chi connectivity index (χ4v) is 3.51. The van der Waals surface area contributed by atoms with Crippen LogP contribution in [0.5, 0.6) is 5.75 Å². The van der Waals surface area contributed by atoms with E-state index < -0.39 is 0 Å². The molecule has 2 aromatic rings. The Bertz CT molecular complexity index is 789. The lowest BCUT2D eigenvalue weighted by molar-refractivity contribution is 0.0754. The van der Waals surface area contributed by atoms with Gasteiger partial charge in [-0.05, 0) is 24.6 Å². The SMILES string of the molecule is C=CCN1CCCN(C(=O)c2ccn(COc3c(Cl)cccc3Cl)n2)CC1. The monoisotopic (exact) mass is 408 g/mol. The molecule has 1 aromatic carbocycles. The maximum atomic E-state index is 12.7. The van der Waals surface area contributed by atoms with Crippen molar-refractivity contribution in [3.8, 4) is 5.75 Å². The highest BCUT2D eigenvalue weighted by molar-refractivity contribution is 6.37. The van der Waals surface area contributed by atoms with Gasteiger partial charge in [0.1, 0.15) is 0 Å². The Balaban J connectivity index is 1.60. The molecule has 1 saturated heterocycles. The molecule has 1 fully saturated rings. The Kier molecular flexibility index (Phi) is 6.77. The van der Waals surface area contributed by atoms with Crippen LogP contribution in [0.3, 0.4) is 0 Å². The second-order valence-electron chi connectivity index (χ2n) is 6.30. The first-order valence-electron chi connectivity index (χ1n) is 8.81. The first-order chi connectivity index (χ1) is 13.1. The van der Waals surface area contributed by atoms with Gasteiger partial charge in [-0.25, -0.2) is 4.68 Å². The van der Waals surface area contributed by atoms with E-state index in [-0.39, 0.29) is 12.6 Å². The van der Waals surface area contributed by atoms with E-state index in [1.165, 1.54) is 0 Å². The van der Waals surface area contributed by atoms with E-state index in [1.807, 2.05) is 11.0 Å². The second-order valence-corrected chi connectivity index (χ2v) is 7.11. The molecule has 144 valence electrons. The van der Waals surface area contributed by atoms with Gasteiger partial charge in [0, 0.05) is 38.9 Å². The van der Waals surface area contributed by atoms with Gasteiger partial charge >= 0.3 is 0 Å². The Morgan fingerprint density at radius 3 is 2.70 bits per heavy atom. The maximum Gasteiger partial charge on any atom is 0.274 e. The van der Waals surface area contributed by atoms with Crippen LogP contribution in [0.2, 0.25) is 10.0 Å². The third-order valence-corrected chi connectivity index (χ3v) is 4.98. The molecule has 2 heterocycles. The largest absolute Gasteiger partial charge is 0.468 e. The van der Waals surface area contributed by atoms with Crippen LogP contribution in [0.25, 0.3) is 0 Å². The number of hydrogen-bond acceptors (Lipinski definition) is 4. The van der Waals surface area contributed by atoms with Crippen LogP contribution in [-0.2, 0) is 6.73 Å². The predicted molar refractivity (Wildman–Crippen MR) is 106 cm³/mol. The summed E-state index contributed by atoms with van der Waals surface area (Å²) in [5.41, 5.74) is 0.404. The van der Waals surface area contributed by atoms with Crippen LogP contribution in [0.4, 0.5) is 0 Å². The highest BCUT2D eigenvalue weighted by atomic mass is 35.5. The number of ether oxygens (including phenoxy) is 1. The molecule has 0 radical (unpaired) electrons. The maximum absolute atomic E-state index is 12.7. The van der Waals surface area contributed by atoms with Crippen LogP contribution < -0.4 is 4.74 Å². The standard InChI is InChI=1S/C19H22Cl2N4O2/c1-2-8-23-9-4-10-24(13-12-23)19(26)17-7-11-25(22-17)14-27-18-15(20)5-3-6-16(18)21/h2-3,5-7,11H,1,4,8-10,12-14H2. The average Bonchev–Trinajstić information content (AvgIpc) is 3.00. The number of para-hydroxylation sites is 1. The third kappa shape index (κ3) is 5.03. The lowest BCUT2D eigenvalue weighted by Gasteiger charge is -2.20. The minimum absolute atomic E-state index is 0.0648. The van der Waals surface area contributed by atoms with Gasteiger partial charge in [-0.3, -0.25) is 9.69 Å². The molecule has 0 bridgehead atoms. The van der Waals surface area contributed by atoms with Crippen LogP contribution in [0.1, 0.15) is 16.9 Å². The molecule has 0 saturated carbocycles. The van der Waals surface area contributed by atoms with Crippen molar-refractivity contribution < 1.29 is 9.53 Å². The van der Waals surface area contributed by atoms with E-state index in [1.54, 1.807) is 35.1 Å². The van der Waals surface area contributed by atoms with Gasteiger partial charge in [0.25, 0.3) is 5.91 Å². The number of rotatable bonds is 6. The van der Waals surface area contributed by atoms with Crippen molar-refractivity contribution in [3.63, 3.8) is 0 Å².